The van der Waals surface area contributed by atoms with E-state index in [4.69, 9.17) is 0 Å². The molecule has 0 saturated carbocycles. The Hall–Kier alpha value is -3.62. The Morgan fingerprint density at radius 2 is 1.42 bits per heavy atom. The molecule has 0 bridgehead atoms. The molecular formula is C31H23NS. The Labute approximate surface area is 197 Å². The number of nitrogens with zero attached hydrogens (tertiary/aromatic N) is 1. The van der Waals surface area contributed by atoms with Gasteiger partial charge >= 0.3 is 0 Å². The highest BCUT2D eigenvalue weighted by molar-refractivity contribution is 7.13. The standard InChI is InChI=1S/C31H23NS/c1-31(2)26-10-5-3-8-22(26)23-15-14-21(19-27(23)31)32-28-11-6-4-9-24(28)25-18-20(13-16-29(25)32)30-12-7-17-33-30/h3-19H,1-2H3. The predicted molar refractivity (Wildman–Crippen MR) is 142 cm³/mol. The molecule has 2 heteroatoms. The van der Waals surface area contributed by atoms with Gasteiger partial charge in [0.15, 0.2) is 0 Å². The summed E-state index contributed by atoms with van der Waals surface area (Å²) in [4.78, 5) is 1.31. The van der Waals surface area contributed by atoms with E-state index < -0.39 is 0 Å². The van der Waals surface area contributed by atoms with Crippen molar-refractivity contribution >= 4 is 33.1 Å². The quantitative estimate of drug-likeness (QED) is 0.253. The summed E-state index contributed by atoms with van der Waals surface area (Å²) in [6.07, 6.45) is 0. The molecule has 158 valence electrons. The van der Waals surface area contributed by atoms with E-state index in [0.29, 0.717) is 0 Å². The fraction of sp³-hybridized carbons (Fsp3) is 0.0968. The van der Waals surface area contributed by atoms with Crippen molar-refractivity contribution in [3.8, 4) is 27.3 Å². The van der Waals surface area contributed by atoms with Crippen molar-refractivity contribution in [3.63, 3.8) is 0 Å². The average molecular weight is 442 g/mol. The number of benzene rings is 4. The van der Waals surface area contributed by atoms with Gasteiger partial charge in [0.1, 0.15) is 0 Å². The molecule has 0 unspecified atom stereocenters. The third kappa shape index (κ3) is 2.59. The van der Waals surface area contributed by atoms with Crippen LogP contribution in [0.1, 0.15) is 25.0 Å². The molecule has 2 heterocycles. The van der Waals surface area contributed by atoms with E-state index in [0.717, 1.165) is 0 Å². The molecule has 1 nitrogen and oxygen atoms in total. The van der Waals surface area contributed by atoms with Crippen LogP contribution in [0.15, 0.2) is 102 Å². The smallest absolute Gasteiger partial charge is 0.0541 e. The van der Waals surface area contributed by atoms with Gasteiger partial charge in [-0.2, -0.15) is 0 Å². The fourth-order valence-electron chi connectivity index (χ4n) is 5.68. The Morgan fingerprint density at radius 1 is 0.636 bits per heavy atom. The lowest BCUT2D eigenvalue weighted by molar-refractivity contribution is 0.660. The maximum atomic E-state index is 2.43. The minimum absolute atomic E-state index is 0.00691. The number of fused-ring (bicyclic) bond motifs is 6. The zero-order chi connectivity index (χ0) is 22.2. The van der Waals surface area contributed by atoms with Crippen molar-refractivity contribution in [1.29, 1.82) is 0 Å². The van der Waals surface area contributed by atoms with E-state index in [-0.39, 0.29) is 5.41 Å². The van der Waals surface area contributed by atoms with E-state index in [2.05, 4.69) is 121 Å². The minimum atomic E-state index is -0.00691. The molecule has 0 N–H and O–H groups in total. The summed E-state index contributed by atoms with van der Waals surface area (Å²) in [5.41, 5.74) is 10.6. The van der Waals surface area contributed by atoms with Crippen molar-refractivity contribution in [3.05, 3.63) is 114 Å². The zero-order valence-electron chi connectivity index (χ0n) is 18.7. The van der Waals surface area contributed by atoms with E-state index >= 15 is 0 Å². The van der Waals surface area contributed by atoms with E-state index in [1.54, 1.807) is 11.3 Å². The second kappa shape index (κ2) is 6.69. The van der Waals surface area contributed by atoms with Gasteiger partial charge < -0.3 is 4.57 Å². The van der Waals surface area contributed by atoms with Crippen molar-refractivity contribution in [2.75, 3.05) is 0 Å². The Morgan fingerprint density at radius 3 is 2.30 bits per heavy atom. The van der Waals surface area contributed by atoms with Gasteiger partial charge in [-0.05, 0) is 69.6 Å². The van der Waals surface area contributed by atoms with Gasteiger partial charge in [0.25, 0.3) is 0 Å². The first-order valence-electron chi connectivity index (χ1n) is 11.4. The number of rotatable bonds is 2. The van der Waals surface area contributed by atoms with Crippen LogP contribution in [0.25, 0.3) is 49.1 Å². The van der Waals surface area contributed by atoms with Gasteiger partial charge in [0, 0.05) is 26.8 Å². The molecule has 0 radical (unpaired) electrons. The van der Waals surface area contributed by atoms with Crippen LogP contribution in [0.4, 0.5) is 0 Å². The lowest BCUT2D eigenvalue weighted by Crippen LogP contribution is -2.15. The van der Waals surface area contributed by atoms with Gasteiger partial charge in [0.05, 0.1) is 11.0 Å². The molecule has 0 spiro atoms. The van der Waals surface area contributed by atoms with Crippen LogP contribution in [0.5, 0.6) is 0 Å². The minimum Gasteiger partial charge on any atom is -0.309 e. The SMILES string of the molecule is CC1(C)c2ccccc2-c2ccc(-n3c4ccccc4c4cc(-c5cccs5)ccc43)cc21. The van der Waals surface area contributed by atoms with Crippen LogP contribution in [0, 0.1) is 0 Å². The molecule has 0 saturated heterocycles. The first kappa shape index (κ1) is 18.9. The highest BCUT2D eigenvalue weighted by Crippen LogP contribution is 2.49. The highest BCUT2D eigenvalue weighted by atomic mass is 32.1. The van der Waals surface area contributed by atoms with Crippen molar-refractivity contribution < 1.29 is 0 Å². The van der Waals surface area contributed by atoms with Crippen LogP contribution < -0.4 is 0 Å². The van der Waals surface area contributed by atoms with E-state index in [1.165, 1.54) is 60.2 Å². The van der Waals surface area contributed by atoms with E-state index in [1.807, 2.05) is 0 Å². The summed E-state index contributed by atoms with van der Waals surface area (Å²) in [5.74, 6) is 0. The molecule has 0 fully saturated rings. The Kier molecular flexibility index (Phi) is 3.83. The number of aromatic nitrogens is 1. The van der Waals surface area contributed by atoms with Crippen LogP contribution >= 0.6 is 11.3 Å². The van der Waals surface area contributed by atoms with Crippen LogP contribution in [-0.2, 0) is 5.41 Å². The second-order valence-corrected chi connectivity index (χ2v) is 10.4. The maximum Gasteiger partial charge on any atom is 0.0541 e. The molecule has 1 aliphatic carbocycles. The molecule has 4 aromatic carbocycles. The lowest BCUT2D eigenvalue weighted by atomic mass is 9.82. The molecule has 0 amide bonds. The molecule has 0 aliphatic heterocycles. The molecule has 33 heavy (non-hydrogen) atoms. The van der Waals surface area contributed by atoms with Crippen LogP contribution in [0.3, 0.4) is 0 Å². The Balaban J connectivity index is 1.50. The largest absolute Gasteiger partial charge is 0.309 e. The summed E-state index contributed by atoms with van der Waals surface area (Å²) < 4.78 is 2.43. The van der Waals surface area contributed by atoms with Crippen molar-refractivity contribution in [1.82, 2.24) is 4.57 Å². The van der Waals surface area contributed by atoms with E-state index in [9.17, 15) is 0 Å². The first-order chi connectivity index (χ1) is 16.1. The van der Waals surface area contributed by atoms with Crippen molar-refractivity contribution in [2.24, 2.45) is 0 Å². The average Bonchev–Trinajstić information content (AvgIpc) is 3.54. The third-order valence-corrected chi connectivity index (χ3v) is 8.22. The maximum absolute atomic E-state index is 2.43. The topological polar surface area (TPSA) is 4.93 Å². The summed E-state index contributed by atoms with van der Waals surface area (Å²) in [7, 11) is 0. The first-order valence-corrected chi connectivity index (χ1v) is 12.3. The predicted octanol–water partition coefficient (Wildman–Crippen LogP) is 8.82. The number of hydrogen-bond acceptors (Lipinski definition) is 1. The zero-order valence-corrected chi connectivity index (χ0v) is 19.5. The summed E-state index contributed by atoms with van der Waals surface area (Å²) in [5, 5.41) is 4.75. The normalized spacial score (nSPS) is 14.0. The molecule has 2 aromatic heterocycles. The van der Waals surface area contributed by atoms with Gasteiger partial charge in [0.2, 0.25) is 0 Å². The van der Waals surface area contributed by atoms with Gasteiger partial charge in [-0.1, -0.05) is 74.5 Å². The Bertz CT molecular complexity index is 1680. The van der Waals surface area contributed by atoms with Crippen LogP contribution in [-0.4, -0.2) is 4.57 Å². The summed E-state index contributed by atoms with van der Waals surface area (Å²) >= 11 is 1.79. The summed E-state index contributed by atoms with van der Waals surface area (Å²) in [6, 6.07) is 35.9. The van der Waals surface area contributed by atoms with Gasteiger partial charge in [-0.15, -0.1) is 11.3 Å². The monoisotopic (exact) mass is 441 g/mol. The number of thiophene rings is 1. The lowest BCUT2D eigenvalue weighted by Gasteiger charge is -2.22. The summed E-state index contributed by atoms with van der Waals surface area (Å²) in [6.45, 7) is 4.70. The van der Waals surface area contributed by atoms with Crippen molar-refractivity contribution in [2.45, 2.75) is 19.3 Å². The van der Waals surface area contributed by atoms with Gasteiger partial charge in [-0.3, -0.25) is 0 Å². The molecule has 6 aromatic rings. The van der Waals surface area contributed by atoms with Crippen LogP contribution in [0.2, 0.25) is 0 Å². The molecular weight excluding hydrogens is 418 g/mol. The third-order valence-electron chi connectivity index (χ3n) is 7.30. The molecule has 1 aliphatic rings. The highest BCUT2D eigenvalue weighted by Gasteiger charge is 2.35. The second-order valence-electron chi connectivity index (χ2n) is 9.46. The molecule has 7 rings (SSSR count). The number of hydrogen-bond donors (Lipinski definition) is 0. The fourth-order valence-corrected chi connectivity index (χ4v) is 6.40. The van der Waals surface area contributed by atoms with Gasteiger partial charge in [-0.25, -0.2) is 0 Å². The number of para-hydroxylation sites is 1. The molecule has 0 atom stereocenters.